The summed E-state index contributed by atoms with van der Waals surface area (Å²) in [6, 6.07) is 14.4. The first kappa shape index (κ1) is 15.5. The van der Waals surface area contributed by atoms with Crippen LogP contribution in [0.25, 0.3) is 0 Å². The van der Waals surface area contributed by atoms with Crippen LogP contribution < -0.4 is 0 Å². The van der Waals surface area contributed by atoms with Crippen LogP contribution in [0.15, 0.2) is 65.7 Å². The highest BCUT2D eigenvalue weighted by molar-refractivity contribution is 5.87. The summed E-state index contributed by atoms with van der Waals surface area (Å²) < 4.78 is 5.08. The number of hydrogen-bond donors (Lipinski definition) is 1. The maximum Gasteiger partial charge on any atom is 0.333 e. The Kier molecular flexibility index (Phi) is 5.09. The van der Waals surface area contributed by atoms with E-state index >= 15 is 0 Å². The van der Waals surface area contributed by atoms with Crippen molar-refractivity contribution in [1.82, 2.24) is 0 Å². The highest BCUT2D eigenvalue weighted by Crippen LogP contribution is 2.19. The smallest absolute Gasteiger partial charge is 0.333 e. The predicted octanol–water partition coefficient (Wildman–Crippen LogP) is 3.76. The number of nitrogens with zero attached hydrogens (tertiary/aromatic N) is 1. The van der Waals surface area contributed by atoms with Crippen molar-refractivity contribution in [3.05, 3.63) is 71.8 Å². The zero-order valence-corrected chi connectivity index (χ0v) is 12.3. The first-order chi connectivity index (χ1) is 10.6. The standard InChI is InChI=1S/C18H17NO3/c1-13(2)18(21)22-12-14-8-9-17(20)15(10-14)11-19-16-6-4-3-5-7-16/h3-11,20H,1,12H2,2H3. The van der Waals surface area contributed by atoms with Gasteiger partial charge in [0.1, 0.15) is 12.4 Å². The Labute approximate surface area is 129 Å². The lowest BCUT2D eigenvalue weighted by Crippen LogP contribution is -2.05. The van der Waals surface area contributed by atoms with Gasteiger partial charge in [0.25, 0.3) is 0 Å². The summed E-state index contributed by atoms with van der Waals surface area (Å²) >= 11 is 0. The van der Waals surface area contributed by atoms with Gasteiger partial charge in [0.15, 0.2) is 0 Å². The second-order valence-corrected chi connectivity index (χ2v) is 4.84. The molecule has 1 N–H and O–H groups in total. The molecule has 2 aromatic rings. The maximum atomic E-state index is 11.4. The molecule has 4 heteroatoms. The summed E-state index contributed by atoms with van der Waals surface area (Å²) in [7, 11) is 0. The molecule has 2 rings (SSSR count). The fourth-order valence-corrected chi connectivity index (χ4v) is 1.73. The van der Waals surface area contributed by atoms with Gasteiger partial charge in [0, 0.05) is 17.4 Å². The largest absolute Gasteiger partial charge is 0.507 e. The van der Waals surface area contributed by atoms with Gasteiger partial charge in [-0.15, -0.1) is 0 Å². The molecule has 0 heterocycles. The van der Waals surface area contributed by atoms with E-state index in [-0.39, 0.29) is 12.4 Å². The highest BCUT2D eigenvalue weighted by atomic mass is 16.5. The topological polar surface area (TPSA) is 58.9 Å². The second-order valence-electron chi connectivity index (χ2n) is 4.84. The number of aliphatic imine (C=N–C) groups is 1. The van der Waals surface area contributed by atoms with E-state index in [0.717, 1.165) is 11.3 Å². The molecular weight excluding hydrogens is 278 g/mol. The van der Waals surface area contributed by atoms with Crippen LogP contribution >= 0.6 is 0 Å². The molecule has 0 aliphatic heterocycles. The number of carbonyl (C=O) groups is 1. The molecule has 0 radical (unpaired) electrons. The van der Waals surface area contributed by atoms with Gasteiger partial charge >= 0.3 is 5.97 Å². The van der Waals surface area contributed by atoms with E-state index in [0.29, 0.717) is 11.1 Å². The SMILES string of the molecule is C=C(C)C(=O)OCc1ccc(O)c(C=Nc2ccccc2)c1. The predicted molar refractivity (Wildman–Crippen MR) is 86.4 cm³/mol. The van der Waals surface area contributed by atoms with Crippen LogP contribution in [0, 0.1) is 0 Å². The summed E-state index contributed by atoms with van der Waals surface area (Å²) in [5.74, 6) is -0.317. The molecule has 0 spiro atoms. The molecule has 0 atom stereocenters. The van der Waals surface area contributed by atoms with Gasteiger partial charge in [-0.3, -0.25) is 4.99 Å². The first-order valence-corrected chi connectivity index (χ1v) is 6.80. The van der Waals surface area contributed by atoms with E-state index < -0.39 is 5.97 Å². The van der Waals surface area contributed by atoms with E-state index in [1.807, 2.05) is 30.3 Å². The molecule has 22 heavy (non-hydrogen) atoms. The van der Waals surface area contributed by atoms with E-state index in [4.69, 9.17) is 4.74 Å². The normalized spacial score (nSPS) is 10.6. The number of aromatic hydroxyl groups is 1. The Morgan fingerprint density at radius 3 is 2.68 bits per heavy atom. The van der Waals surface area contributed by atoms with Crippen molar-refractivity contribution in [2.45, 2.75) is 13.5 Å². The third-order valence-corrected chi connectivity index (χ3v) is 2.92. The van der Waals surface area contributed by atoms with Crippen molar-refractivity contribution in [1.29, 1.82) is 0 Å². The number of rotatable bonds is 5. The molecule has 112 valence electrons. The molecule has 0 saturated carbocycles. The van der Waals surface area contributed by atoms with Gasteiger partial charge in [-0.25, -0.2) is 4.79 Å². The molecule has 2 aromatic carbocycles. The number of para-hydroxylation sites is 1. The van der Waals surface area contributed by atoms with Crippen molar-refractivity contribution >= 4 is 17.9 Å². The van der Waals surface area contributed by atoms with Crippen molar-refractivity contribution in [3.8, 4) is 5.75 Å². The number of benzene rings is 2. The van der Waals surface area contributed by atoms with Crippen molar-refractivity contribution in [2.75, 3.05) is 0 Å². The molecular formula is C18H17NO3. The summed E-state index contributed by atoms with van der Waals surface area (Å²) in [5.41, 5.74) is 2.47. The van der Waals surface area contributed by atoms with Gasteiger partial charge in [-0.05, 0) is 36.8 Å². The first-order valence-electron chi connectivity index (χ1n) is 6.80. The van der Waals surface area contributed by atoms with Crippen molar-refractivity contribution in [3.63, 3.8) is 0 Å². The number of esters is 1. The third kappa shape index (κ3) is 4.31. The summed E-state index contributed by atoms with van der Waals surface area (Å²) in [6.45, 7) is 5.24. The molecule has 0 amide bonds. The zero-order valence-electron chi connectivity index (χ0n) is 12.3. The minimum absolute atomic E-state index is 0.120. The average molecular weight is 295 g/mol. The van der Waals surface area contributed by atoms with Crippen LogP contribution in [0.1, 0.15) is 18.1 Å². The van der Waals surface area contributed by atoms with Gasteiger partial charge in [0.05, 0.1) is 5.69 Å². The molecule has 0 aromatic heterocycles. The lowest BCUT2D eigenvalue weighted by molar-refractivity contribution is -0.140. The van der Waals surface area contributed by atoms with Crippen LogP contribution in [-0.2, 0) is 16.1 Å². The number of carbonyl (C=O) groups excluding carboxylic acids is 1. The van der Waals surface area contributed by atoms with Crippen LogP contribution in [0.3, 0.4) is 0 Å². The molecule has 0 fully saturated rings. The van der Waals surface area contributed by atoms with Crippen LogP contribution in [-0.4, -0.2) is 17.3 Å². The average Bonchev–Trinajstić information content (AvgIpc) is 2.53. The molecule has 4 nitrogen and oxygen atoms in total. The number of phenols is 1. The van der Waals surface area contributed by atoms with Crippen molar-refractivity contribution in [2.24, 2.45) is 4.99 Å². The summed E-state index contributed by atoms with van der Waals surface area (Å²) in [5, 5.41) is 9.87. The fraction of sp³-hybridized carbons (Fsp3) is 0.111. The van der Waals surface area contributed by atoms with Gasteiger partial charge in [0.2, 0.25) is 0 Å². The van der Waals surface area contributed by atoms with Crippen LogP contribution in [0.2, 0.25) is 0 Å². The molecule has 0 unspecified atom stereocenters. The monoisotopic (exact) mass is 295 g/mol. The highest BCUT2D eigenvalue weighted by Gasteiger charge is 2.05. The van der Waals surface area contributed by atoms with E-state index in [1.54, 1.807) is 31.3 Å². The Balaban J connectivity index is 2.11. The Morgan fingerprint density at radius 1 is 1.27 bits per heavy atom. The molecule has 0 aliphatic rings. The zero-order chi connectivity index (χ0) is 15.9. The minimum Gasteiger partial charge on any atom is -0.507 e. The lowest BCUT2D eigenvalue weighted by atomic mass is 10.1. The Morgan fingerprint density at radius 2 is 2.00 bits per heavy atom. The fourth-order valence-electron chi connectivity index (χ4n) is 1.73. The Hall–Kier alpha value is -2.88. The Bertz CT molecular complexity index is 706. The van der Waals surface area contributed by atoms with E-state index in [2.05, 4.69) is 11.6 Å². The van der Waals surface area contributed by atoms with Crippen LogP contribution in [0.4, 0.5) is 5.69 Å². The van der Waals surface area contributed by atoms with E-state index in [1.165, 1.54) is 0 Å². The molecule has 0 aliphatic carbocycles. The van der Waals surface area contributed by atoms with Crippen molar-refractivity contribution < 1.29 is 14.6 Å². The number of phenolic OH excluding ortho intramolecular Hbond substituents is 1. The quantitative estimate of drug-likeness (QED) is 0.519. The maximum absolute atomic E-state index is 11.4. The third-order valence-electron chi connectivity index (χ3n) is 2.92. The van der Waals surface area contributed by atoms with Gasteiger partial charge in [-0.2, -0.15) is 0 Å². The summed E-state index contributed by atoms with van der Waals surface area (Å²) in [4.78, 5) is 15.7. The second kappa shape index (κ2) is 7.22. The van der Waals surface area contributed by atoms with Gasteiger partial charge < -0.3 is 9.84 Å². The minimum atomic E-state index is -0.437. The lowest BCUT2D eigenvalue weighted by Gasteiger charge is -2.06. The number of ether oxygens (including phenoxy) is 1. The summed E-state index contributed by atoms with van der Waals surface area (Å²) in [6.07, 6.45) is 1.58. The molecule has 0 saturated heterocycles. The molecule has 0 bridgehead atoms. The van der Waals surface area contributed by atoms with Gasteiger partial charge in [-0.1, -0.05) is 30.8 Å². The van der Waals surface area contributed by atoms with Crippen LogP contribution in [0.5, 0.6) is 5.75 Å². The van der Waals surface area contributed by atoms with E-state index in [9.17, 15) is 9.90 Å². The number of hydrogen-bond acceptors (Lipinski definition) is 4.